The fraction of sp³-hybridized carbons (Fsp3) is 0.133. The Morgan fingerprint density at radius 1 is 1.04 bits per heavy atom. The molecule has 1 aromatic carbocycles. The third-order valence-corrected chi connectivity index (χ3v) is 4.93. The van der Waals surface area contributed by atoms with Gasteiger partial charge in [0.05, 0.1) is 0 Å². The van der Waals surface area contributed by atoms with Crippen LogP contribution in [-0.4, -0.2) is 20.4 Å². The lowest BCUT2D eigenvalue weighted by Gasteiger charge is -2.05. The average molecular weight is 340 g/mol. The number of nitrogens with one attached hydrogen (secondary N) is 1. The van der Waals surface area contributed by atoms with Crippen LogP contribution in [0.2, 0.25) is 0 Å². The fourth-order valence-electron chi connectivity index (χ4n) is 1.77. The van der Waals surface area contributed by atoms with Gasteiger partial charge in [-0.1, -0.05) is 17.4 Å². The molecule has 0 radical (unpaired) electrons. The summed E-state index contributed by atoms with van der Waals surface area (Å²) in [4.78, 5) is 0. The number of aryl methyl sites for hydroxylation is 2. The van der Waals surface area contributed by atoms with Gasteiger partial charge in [-0.2, -0.15) is 5.26 Å². The number of anilines is 2. The summed E-state index contributed by atoms with van der Waals surface area (Å²) in [5.41, 5.74) is 3.76. The monoisotopic (exact) mass is 340 g/mol. The van der Waals surface area contributed by atoms with Gasteiger partial charge < -0.3 is 5.32 Å². The van der Waals surface area contributed by atoms with Crippen LogP contribution in [0.3, 0.4) is 0 Å². The Morgan fingerprint density at radius 2 is 1.91 bits per heavy atom. The van der Waals surface area contributed by atoms with E-state index in [1.165, 1.54) is 34.2 Å². The van der Waals surface area contributed by atoms with E-state index in [1.54, 1.807) is 12.1 Å². The van der Waals surface area contributed by atoms with Crippen LogP contribution < -0.4 is 5.32 Å². The summed E-state index contributed by atoms with van der Waals surface area (Å²) in [6, 6.07) is 11.5. The van der Waals surface area contributed by atoms with E-state index in [0.717, 1.165) is 15.2 Å². The Labute approximate surface area is 141 Å². The highest BCUT2D eigenvalue weighted by molar-refractivity contribution is 8.01. The summed E-state index contributed by atoms with van der Waals surface area (Å²) >= 11 is 2.81. The summed E-state index contributed by atoms with van der Waals surface area (Å²) in [5, 5.41) is 29.4. The molecule has 0 atom stereocenters. The van der Waals surface area contributed by atoms with E-state index in [0.29, 0.717) is 10.7 Å². The molecular weight excluding hydrogens is 328 g/mol. The van der Waals surface area contributed by atoms with Crippen LogP contribution in [0.25, 0.3) is 0 Å². The first kappa shape index (κ1) is 15.4. The van der Waals surface area contributed by atoms with Gasteiger partial charge in [-0.25, -0.2) is 0 Å². The zero-order valence-corrected chi connectivity index (χ0v) is 14.1. The van der Waals surface area contributed by atoms with Crippen molar-refractivity contribution in [3.8, 4) is 6.07 Å². The SMILES string of the molecule is Cc1ccc(Nc2nnc(Sc3ccc(C#N)nn3)s2)cc1C. The van der Waals surface area contributed by atoms with Crippen molar-refractivity contribution in [2.45, 2.75) is 23.2 Å². The first-order chi connectivity index (χ1) is 11.1. The van der Waals surface area contributed by atoms with Crippen LogP contribution >= 0.6 is 23.1 Å². The lowest BCUT2D eigenvalue weighted by atomic mass is 10.1. The van der Waals surface area contributed by atoms with Crippen molar-refractivity contribution >= 4 is 33.9 Å². The van der Waals surface area contributed by atoms with Gasteiger partial charge in [0.25, 0.3) is 0 Å². The number of hydrogen-bond acceptors (Lipinski definition) is 8. The van der Waals surface area contributed by atoms with Crippen molar-refractivity contribution in [3.05, 3.63) is 47.2 Å². The predicted molar refractivity (Wildman–Crippen MR) is 90.0 cm³/mol. The third-order valence-electron chi connectivity index (χ3n) is 3.11. The van der Waals surface area contributed by atoms with Crippen LogP contribution in [-0.2, 0) is 0 Å². The van der Waals surface area contributed by atoms with E-state index < -0.39 is 0 Å². The third kappa shape index (κ3) is 3.83. The number of aromatic nitrogens is 4. The average Bonchev–Trinajstić information content (AvgIpc) is 2.99. The van der Waals surface area contributed by atoms with Crippen LogP contribution in [0.15, 0.2) is 39.7 Å². The molecule has 0 aliphatic heterocycles. The van der Waals surface area contributed by atoms with Crippen LogP contribution in [0.1, 0.15) is 16.8 Å². The molecular formula is C15H12N6S2. The van der Waals surface area contributed by atoms with Crippen molar-refractivity contribution in [3.63, 3.8) is 0 Å². The minimum absolute atomic E-state index is 0.295. The van der Waals surface area contributed by atoms with E-state index in [4.69, 9.17) is 5.26 Å². The molecule has 0 spiro atoms. The molecule has 0 saturated carbocycles. The Balaban J connectivity index is 1.69. The zero-order valence-electron chi connectivity index (χ0n) is 12.4. The first-order valence-corrected chi connectivity index (χ1v) is 8.37. The highest BCUT2D eigenvalue weighted by Gasteiger charge is 2.08. The van der Waals surface area contributed by atoms with E-state index in [1.807, 2.05) is 12.1 Å². The van der Waals surface area contributed by atoms with E-state index >= 15 is 0 Å². The summed E-state index contributed by atoms with van der Waals surface area (Å²) in [6.07, 6.45) is 0. The van der Waals surface area contributed by atoms with Crippen molar-refractivity contribution in [1.82, 2.24) is 20.4 Å². The van der Waals surface area contributed by atoms with Crippen LogP contribution in [0.4, 0.5) is 10.8 Å². The van der Waals surface area contributed by atoms with Crippen molar-refractivity contribution in [2.24, 2.45) is 0 Å². The smallest absolute Gasteiger partial charge is 0.210 e. The number of nitrogens with zero attached hydrogens (tertiary/aromatic N) is 5. The molecule has 0 aliphatic rings. The largest absolute Gasteiger partial charge is 0.330 e. The molecule has 23 heavy (non-hydrogen) atoms. The van der Waals surface area contributed by atoms with Crippen molar-refractivity contribution in [1.29, 1.82) is 5.26 Å². The van der Waals surface area contributed by atoms with Crippen LogP contribution in [0, 0.1) is 25.2 Å². The lowest BCUT2D eigenvalue weighted by Crippen LogP contribution is -1.91. The van der Waals surface area contributed by atoms with Gasteiger partial charge in [0, 0.05) is 5.69 Å². The Bertz CT molecular complexity index is 866. The van der Waals surface area contributed by atoms with E-state index in [2.05, 4.69) is 51.7 Å². The second-order valence-corrected chi connectivity index (χ2v) is 7.01. The highest BCUT2D eigenvalue weighted by atomic mass is 32.2. The van der Waals surface area contributed by atoms with Gasteiger partial charge in [0.1, 0.15) is 11.1 Å². The summed E-state index contributed by atoms with van der Waals surface area (Å²) < 4.78 is 0.760. The minimum atomic E-state index is 0.295. The predicted octanol–water partition coefficient (Wildman–Crippen LogP) is 3.71. The molecule has 0 fully saturated rings. The normalized spacial score (nSPS) is 10.3. The Morgan fingerprint density at radius 3 is 2.61 bits per heavy atom. The quantitative estimate of drug-likeness (QED) is 0.774. The maximum absolute atomic E-state index is 8.71. The molecule has 2 aromatic heterocycles. The van der Waals surface area contributed by atoms with Crippen molar-refractivity contribution in [2.75, 3.05) is 5.32 Å². The molecule has 0 unspecified atom stereocenters. The Hall–Kier alpha value is -2.50. The molecule has 0 bridgehead atoms. The molecule has 1 N–H and O–H groups in total. The second kappa shape index (κ2) is 6.73. The second-order valence-electron chi connectivity index (χ2n) is 4.77. The topological polar surface area (TPSA) is 87.4 Å². The van der Waals surface area contributed by atoms with Gasteiger partial charge >= 0.3 is 0 Å². The van der Waals surface area contributed by atoms with Crippen LogP contribution in [0.5, 0.6) is 0 Å². The highest BCUT2D eigenvalue weighted by Crippen LogP contribution is 2.31. The van der Waals surface area contributed by atoms with Gasteiger partial charge in [-0.3, -0.25) is 0 Å². The first-order valence-electron chi connectivity index (χ1n) is 6.73. The maximum atomic E-state index is 8.71. The number of rotatable bonds is 4. The molecule has 6 nitrogen and oxygen atoms in total. The lowest BCUT2D eigenvalue weighted by molar-refractivity contribution is 0.912. The Kier molecular flexibility index (Phi) is 4.50. The fourth-order valence-corrected chi connectivity index (χ4v) is 3.40. The standard InChI is InChI=1S/C15H12N6S2/c1-9-3-4-11(7-10(9)2)17-14-20-21-15(23-14)22-13-6-5-12(8-16)18-19-13/h3-7H,1-2H3,(H,17,20). The molecule has 0 amide bonds. The summed E-state index contributed by atoms with van der Waals surface area (Å²) in [7, 11) is 0. The van der Waals surface area contributed by atoms with Gasteiger partial charge in [0.15, 0.2) is 10.0 Å². The molecule has 0 aliphatic carbocycles. The molecule has 2 heterocycles. The van der Waals surface area contributed by atoms with E-state index in [-0.39, 0.29) is 0 Å². The molecule has 3 aromatic rings. The van der Waals surface area contributed by atoms with Gasteiger partial charge in [-0.15, -0.1) is 20.4 Å². The molecule has 8 heteroatoms. The number of nitriles is 1. The zero-order chi connectivity index (χ0) is 16.2. The minimum Gasteiger partial charge on any atom is -0.330 e. The van der Waals surface area contributed by atoms with E-state index in [9.17, 15) is 0 Å². The molecule has 3 rings (SSSR count). The number of benzene rings is 1. The summed E-state index contributed by atoms with van der Waals surface area (Å²) in [5.74, 6) is 0. The van der Waals surface area contributed by atoms with Gasteiger partial charge in [-0.05, 0) is 61.0 Å². The van der Waals surface area contributed by atoms with Crippen molar-refractivity contribution < 1.29 is 0 Å². The summed E-state index contributed by atoms with van der Waals surface area (Å²) in [6.45, 7) is 4.16. The molecule has 114 valence electrons. The molecule has 0 saturated heterocycles. The number of hydrogen-bond donors (Lipinski definition) is 1. The maximum Gasteiger partial charge on any atom is 0.210 e. The van der Waals surface area contributed by atoms with Gasteiger partial charge in [0.2, 0.25) is 5.13 Å².